The summed E-state index contributed by atoms with van der Waals surface area (Å²) in [5, 5.41) is 104. The molecular weight excluding hydrogens is 1150 g/mol. The van der Waals surface area contributed by atoms with Gasteiger partial charge < -0.3 is 30.8 Å². The summed E-state index contributed by atoms with van der Waals surface area (Å²) in [7, 11) is -20.4. The monoisotopic (exact) mass is 1180 g/mol. The molecule has 0 fully saturated rings. The number of phenolic OH excluding ortho intramolecular Hbond substituents is 2. The van der Waals surface area contributed by atoms with E-state index in [2.05, 4.69) is 36.0 Å². The number of hydrogen-bond donors (Lipinski definition) is 7. The largest absolute Gasteiger partial charge is 3.00 e. The topological polar surface area (TPSA) is 517 Å². The van der Waals surface area contributed by atoms with Crippen LogP contribution in [0.3, 0.4) is 0 Å². The van der Waals surface area contributed by atoms with Crippen molar-refractivity contribution in [3.63, 3.8) is 0 Å². The number of non-ortho nitro benzene ring substituents is 1. The van der Waals surface area contributed by atoms with E-state index in [1.807, 2.05) is 0 Å². The van der Waals surface area contributed by atoms with E-state index in [0.717, 1.165) is 23.8 Å². The molecule has 0 aliphatic rings. The van der Waals surface area contributed by atoms with Crippen molar-refractivity contribution in [3.05, 3.63) is 117 Å². The predicted molar refractivity (Wildman–Crippen MR) is 253 cm³/mol. The van der Waals surface area contributed by atoms with Crippen molar-refractivity contribution in [1.82, 2.24) is 0 Å². The van der Waals surface area contributed by atoms with E-state index < -0.39 is 139 Å². The molecule has 36 heteroatoms. The number of amides is 1. The Labute approximate surface area is 441 Å². The van der Waals surface area contributed by atoms with Crippen LogP contribution in [0.5, 0.6) is 28.7 Å². The first-order valence-corrected chi connectivity index (χ1v) is 25.7. The van der Waals surface area contributed by atoms with E-state index in [1.165, 1.54) is 49.4 Å². The average Bonchev–Trinajstić information content (AvgIpc) is 3.30. The molecule has 0 aliphatic heterocycles. The van der Waals surface area contributed by atoms with Crippen LogP contribution in [0.25, 0.3) is 21.5 Å². The van der Waals surface area contributed by atoms with Crippen molar-refractivity contribution in [2.75, 3.05) is 5.32 Å². The Morgan fingerprint density at radius 1 is 0.545 bits per heavy atom. The van der Waals surface area contributed by atoms with Gasteiger partial charge in [-0.3, -0.25) is 43.2 Å². The van der Waals surface area contributed by atoms with Gasteiger partial charge in [-0.05, 0) is 77.2 Å². The third-order valence-corrected chi connectivity index (χ3v) is 13.3. The number of nitrogens with one attached hydrogen (secondary N) is 1. The normalized spacial score (nSPS) is 12.2. The molecule has 0 spiro atoms. The van der Waals surface area contributed by atoms with Crippen LogP contribution < -0.4 is 20.6 Å². The maximum atomic E-state index is 13.3. The molecule has 7 aromatic carbocycles. The minimum Gasteiger partial charge on any atom is -0.871 e. The summed E-state index contributed by atoms with van der Waals surface area (Å²) in [4.78, 5) is 26.9. The molecule has 7 N–H and O–H groups in total. The predicted octanol–water partition coefficient (Wildman–Crippen LogP) is 6.63. The van der Waals surface area contributed by atoms with Crippen molar-refractivity contribution < 1.29 is 109 Å². The number of aromatic hydroxyl groups is 2. The second kappa shape index (κ2) is 22.3. The van der Waals surface area contributed by atoms with Gasteiger partial charge in [-0.2, -0.15) is 49.0 Å². The quantitative estimate of drug-likeness (QED) is 0.0276. The molecule has 1 amide bonds. The van der Waals surface area contributed by atoms with Crippen molar-refractivity contribution in [2.45, 2.75) is 33.4 Å². The summed E-state index contributed by atoms with van der Waals surface area (Å²) in [5.74, 6) is -5.60. The molecule has 1 radical (unpaired) electrons. The summed E-state index contributed by atoms with van der Waals surface area (Å²) >= 11 is 0. The zero-order chi connectivity index (χ0) is 56.6. The van der Waals surface area contributed by atoms with E-state index in [9.17, 15) is 102 Å². The number of azo groups is 3. The zero-order valence-corrected chi connectivity index (χ0v) is 42.5. The number of fused-ring (bicyclic) bond motifs is 2. The molecule has 0 heterocycles. The number of hydrogen-bond acceptors (Lipinski definition) is 24. The average molecular weight is 1180 g/mol. The molecule has 0 saturated carbocycles. The fraction of sp³-hybridized carbons (Fsp3) is 0.0488. The van der Waals surface area contributed by atoms with Crippen LogP contribution in [0, 0.1) is 27.2 Å². The fourth-order valence-electron chi connectivity index (χ4n) is 6.50. The van der Waals surface area contributed by atoms with Crippen molar-refractivity contribution >= 4 is 119 Å². The Morgan fingerprint density at radius 2 is 1.10 bits per heavy atom. The smallest absolute Gasteiger partial charge is 0.871 e. The van der Waals surface area contributed by atoms with E-state index in [4.69, 9.17) is 0 Å². The van der Waals surface area contributed by atoms with Crippen LogP contribution in [-0.2, 0) is 62.6 Å². The van der Waals surface area contributed by atoms with E-state index in [1.54, 1.807) is 13.0 Å². The van der Waals surface area contributed by atoms with Crippen molar-refractivity contribution in [1.29, 1.82) is 0 Å². The number of phenols is 2. The Balaban J connectivity index is 0.000000284. The number of rotatable bonds is 13. The first kappa shape index (κ1) is 59.2. The fourth-order valence-corrected chi connectivity index (χ4v) is 8.95. The van der Waals surface area contributed by atoms with Crippen LogP contribution in [0.1, 0.15) is 12.5 Å². The van der Waals surface area contributed by atoms with Gasteiger partial charge in [-0.1, -0.05) is 35.8 Å². The van der Waals surface area contributed by atoms with Crippen LogP contribution >= 0.6 is 0 Å². The number of benzene rings is 7. The second-order valence-corrected chi connectivity index (χ2v) is 20.8. The van der Waals surface area contributed by atoms with E-state index >= 15 is 0 Å². The molecule has 399 valence electrons. The summed E-state index contributed by atoms with van der Waals surface area (Å²) in [6.07, 6.45) is 0. The zero-order valence-electron chi connectivity index (χ0n) is 38.0. The number of anilines is 1. The van der Waals surface area contributed by atoms with Gasteiger partial charge in [-0.25, -0.2) is 0 Å². The number of nitro groups is 2. The number of aryl methyl sites for hydroxylation is 1. The Hall–Kier alpha value is -8.70. The molecule has 7 rings (SSSR count). The van der Waals surface area contributed by atoms with E-state index in [0.29, 0.717) is 18.2 Å². The molecule has 77 heavy (non-hydrogen) atoms. The minimum absolute atomic E-state index is 0. The molecule has 0 atom stereocenters. The summed E-state index contributed by atoms with van der Waals surface area (Å²) in [6, 6.07) is 15.5. The van der Waals surface area contributed by atoms with Crippen LogP contribution in [0.15, 0.2) is 141 Å². The number of nitrogens with zero attached hydrogens (tertiary/aromatic N) is 8. The standard InChI is InChI=1S/C23H17N5O11S2.C18H14N4O11S2.Cr/c1-11-2-5-19(29)16(6-11)25-24-13-4-3-12-7-20(41(37,38)39)21(22(30)15(12)8-13)27-26-17-9-14(40(34,35)36)10-18(23(17)31)28(32)33;1-8(23)19-10-3-2-9-4-14(34(28,29)30)16(17(24)12(9)5-10)21-20-13-6-11(22(26)27)7-15(18(13)25)35(31,32)33;/h2-10,29-31H,1H3,(H,34,35,36)(H,37,38,39);2-7,24-25H,1H3,(H,19,23)(H,28,29,30)(H,31,32,33);/q;;+3/p-3. The van der Waals surface area contributed by atoms with Gasteiger partial charge in [0.1, 0.15) is 31.0 Å². The maximum Gasteiger partial charge on any atom is 3.00 e. The van der Waals surface area contributed by atoms with Crippen LogP contribution in [-0.4, -0.2) is 77.8 Å². The van der Waals surface area contributed by atoms with Crippen molar-refractivity contribution in [2.24, 2.45) is 30.7 Å². The third-order valence-electron chi connectivity index (χ3n) is 9.89. The Bertz CT molecular complexity index is 4220. The first-order chi connectivity index (χ1) is 35.1. The van der Waals surface area contributed by atoms with Gasteiger partial charge in [0.2, 0.25) is 5.91 Å². The van der Waals surface area contributed by atoms with Gasteiger partial charge >= 0.3 is 17.4 Å². The minimum atomic E-state index is -5.15. The van der Waals surface area contributed by atoms with Gasteiger partial charge in [0.05, 0.1) is 32.6 Å². The summed E-state index contributed by atoms with van der Waals surface area (Å²) in [5.41, 5.74) is -5.07. The second-order valence-electron chi connectivity index (χ2n) is 15.2. The molecule has 0 aromatic heterocycles. The molecule has 0 aliphatic carbocycles. The summed E-state index contributed by atoms with van der Waals surface area (Å²) < 4.78 is 132. The van der Waals surface area contributed by atoms with Gasteiger partial charge in [0.25, 0.3) is 51.8 Å². The van der Waals surface area contributed by atoms with Crippen LogP contribution in [0.4, 0.5) is 51.2 Å². The number of nitro benzene ring substituents is 2. The Kier molecular flexibility index (Phi) is 17.1. The first-order valence-electron chi connectivity index (χ1n) is 19.9. The van der Waals surface area contributed by atoms with Crippen molar-refractivity contribution in [3.8, 4) is 28.7 Å². The van der Waals surface area contributed by atoms with Gasteiger partial charge in [0.15, 0.2) is 11.5 Å². The molecule has 0 bridgehead atoms. The Morgan fingerprint density at radius 3 is 1.68 bits per heavy atom. The van der Waals surface area contributed by atoms with Gasteiger partial charge in [0, 0.05) is 41.9 Å². The van der Waals surface area contributed by atoms with E-state index in [-0.39, 0.29) is 62.0 Å². The van der Waals surface area contributed by atoms with Gasteiger partial charge in [-0.15, -0.1) is 15.3 Å². The SMILES string of the molecule is CC(=O)Nc1ccc2cc(S(=O)(=O)O)c(N=Nc3cc([N+](=O)[O-])cc(S(=O)(=O)O)c3O)c(O)c2c1.Cc1ccc([O-])c(N=Nc2ccc3cc(S(=O)(=O)O)c(N=Nc4cc(S(=O)(=O)O)cc([N+](=O)[O-])c4[O-])c([O-])c3c2)c1.[Cr+3]. The molecule has 7 aromatic rings. The number of carbonyl (C=O) groups excluding carboxylic acids is 1. The summed E-state index contributed by atoms with van der Waals surface area (Å²) in [6.45, 7) is 2.95. The number of carbonyl (C=O) groups is 1. The molecular formula is C41H28CrN9O22S4. The third kappa shape index (κ3) is 13.6. The molecule has 31 nitrogen and oxygen atoms in total. The molecule has 0 unspecified atom stereocenters. The molecule has 0 saturated heterocycles. The van der Waals surface area contributed by atoms with Crippen LogP contribution in [0.2, 0.25) is 0 Å². The maximum absolute atomic E-state index is 13.3.